The Balaban J connectivity index is 1.39. The van der Waals surface area contributed by atoms with Crippen LogP contribution in [0.1, 0.15) is 16.4 Å². The van der Waals surface area contributed by atoms with Crippen molar-refractivity contribution in [3.05, 3.63) is 66.7 Å². The number of rotatable bonds is 6. The van der Waals surface area contributed by atoms with Crippen LogP contribution in [-0.2, 0) is 13.6 Å². The molecule has 0 aliphatic rings. The maximum Gasteiger partial charge on any atom is 0.267 e. The van der Waals surface area contributed by atoms with Crippen LogP contribution in [0, 0.1) is 6.92 Å². The third-order valence-corrected chi connectivity index (χ3v) is 5.16. The Morgan fingerprint density at radius 2 is 2.03 bits per heavy atom. The van der Waals surface area contributed by atoms with Gasteiger partial charge >= 0.3 is 0 Å². The van der Waals surface area contributed by atoms with Crippen LogP contribution in [-0.4, -0.2) is 46.9 Å². The Kier molecular flexibility index (Phi) is 4.94. The molecule has 0 aromatic carbocycles. The summed E-state index contributed by atoms with van der Waals surface area (Å²) in [4.78, 5) is 26.0. The highest BCUT2D eigenvalue weighted by Crippen LogP contribution is 2.25. The molecule has 0 aliphatic carbocycles. The standard InChI is InChI=1S/C22H20N8O2/c1-14-27-21(28-32-14)15-4-6-23-17(10-15)18-11-16-12-19(29(2)20(16)13-25-18)22(31)24-7-9-30-8-3-5-26-30/h3-6,8,10-13H,7,9H2,1-2H3,(H,24,31). The molecule has 32 heavy (non-hydrogen) atoms. The summed E-state index contributed by atoms with van der Waals surface area (Å²) in [5.74, 6) is 0.851. The largest absolute Gasteiger partial charge is 0.349 e. The topological polar surface area (TPSA) is 117 Å². The Morgan fingerprint density at radius 1 is 1.16 bits per heavy atom. The van der Waals surface area contributed by atoms with Crippen LogP contribution < -0.4 is 5.32 Å². The molecular weight excluding hydrogens is 408 g/mol. The second-order valence-corrected chi connectivity index (χ2v) is 7.31. The van der Waals surface area contributed by atoms with E-state index in [0.29, 0.717) is 41.9 Å². The summed E-state index contributed by atoms with van der Waals surface area (Å²) in [5.41, 5.74) is 3.58. The molecule has 1 amide bonds. The molecule has 10 nitrogen and oxygen atoms in total. The predicted molar refractivity (Wildman–Crippen MR) is 117 cm³/mol. The summed E-state index contributed by atoms with van der Waals surface area (Å²) in [6.07, 6.45) is 7.01. The fourth-order valence-corrected chi connectivity index (χ4v) is 3.52. The number of amides is 1. The van der Waals surface area contributed by atoms with Crippen molar-refractivity contribution in [2.75, 3.05) is 6.54 Å². The van der Waals surface area contributed by atoms with Crippen molar-refractivity contribution < 1.29 is 9.32 Å². The molecule has 160 valence electrons. The smallest absolute Gasteiger partial charge is 0.267 e. The highest BCUT2D eigenvalue weighted by molar-refractivity contribution is 5.99. The van der Waals surface area contributed by atoms with Crippen molar-refractivity contribution in [1.82, 2.24) is 39.8 Å². The molecular formula is C22H20N8O2. The number of hydrogen-bond donors (Lipinski definition) is 1. The summed E-state index contributed by atoms with van der Waals surface area (Å²) in [7, 11) is 1.85. The number of nitrogens with zero attached hydrogens (tertiary/aromatic N) is 7. The molecule has 0 radical (unpaired) electrons. The zero-order valence-electron chi connectivity index (χ0n) is 17.6. The number of carbonyl (C=O) groups excluding carboxylic acids is 1. The van der Waals surface area contributed by atoms with Gasteiger partial charge in [0, 0.05) is 50.1 Å². The first-order valence-electron chi connectivity index (χ1n) is 10.1. The van der Waals surface area contributed by atoms with Crippen LogP contribution in [0.3, 0.4) is 0 Å². The molecule has 0 unspecified atom stereocenters. The molecule has 0 saturated carbocycles. The van der Waals surface area contributed by atoms with Gasteiger partial charge in [-0.25, -0.2) is 0 Å². The van der Waals surface area contributed by atoms with Crippen LogP contribution in [0.5, 0.6) is 0 Å². The van der Waals surface area contributed by atoms with E-state index in [1.165, 1.54) is 0 Å². The second-order valence-electron chi connectivity index (χ2n) is 7.31. The van der Waals surface area contributed by atoms with E-state index >= 15 is 0 Å². The van der Waals surface area contributed by atoms with Crippen LogP contribution >= 0.6 is 0 Å². The van der Waals surface area contributed by atoms with Gasteiger partial charge in [-0.3, -0.25) is 19.4 Å². The highest BCUT2D eigenvalue weighted by Gasteiger charge is 2.15. The summed E-state index contributed by atoms with van der Waals surface area (Å²) >= 11 is 0. The van der Waals surface area contributed by atoms with Gasteiger partial charge in [-0.2, -0.15) is 10.1 Å². The van der Waals surface area contributed by atoms with Crippen LogP contribution in [0.15, 0.2) is 59.6 Å². The normalized spacial score (nSPS) is 11.2. The van der Waals surface area contributed by atoms with Gasteiger partial charge < -0.3 is 14.4 Å². The number of aryl methyl sites for hydroxylation is 2. The van der Waals surface area contributed by atoms with E-state index in [1.807, 2.05) is 48.1 Å². The van der Waals surface area contributed by atoms with E-state index < -0.39 is 0 Å². The fraction of sp³-hybridized carbons (Fsp3) is 0.182. The molecule has 0 atom stereocenters. The van der Waals surface area contributed by atoms with Crippen molar-refractivity contribution in [2.45, 2.75) is 13.5 Å². The van der Waals surface area contributed by atoms with Crippen LogP contribution in [0.2, 0.25) is 0 Å². The van der Waals surface area contributed by atoms with E-state index in [2.05, 4.69) is 30.5 Å². The van der Waals surface area contributed by atoms with Gasteiger partial charge in [0.15, 0.2) is 0 Å². The van der Waals surface area contributed by atoms with Crippen LogP contribution in [0.25, 0.3) is 33.7 Å². The number of pyridine rings is 2. The summed E-state index contributed by atoms with van der Waals surface area (Å²) in [6, 6.07) is 9.31. The second kappa shape index (κ2) is 8.06. The first-order valence-corrected chi connectivity index (χ1v) is 10.1. The Bertz CT molecular complexity index is 1400. The zero-order chi connectivity index (χ0) is 22.1. The summed E-state index contributed by atoms with van der Waals surface area (Å²) in [6.45, 7) is 2.84. The van der Waals surface area contributed by atoms with Gasteiger partial charge in [0.25, 0.3) is 5.91 Å². The minimum Gasteiger partial charge on any atom is -0.349 e. The van der Waals surface area contributed by atoms with E-state index in [0.717, 1.165) is 16.5 Å². The molecule has 0 fully saturated rings. The van der Waals surface area contributed by atoms with E-state index in [9.17, 15) is 4.79 Å². The zero-order valence-corrected chi connectivity index (χ0v) is 17.6. The molecule has 5 rings (SSSR count). The van der Waals surface area contributed by atoms with Crippen molar-refractivity contribution >= 4 is 16.8 Å². The van der Waals surface area contributed by atoms with Crippen molar-refractivity contribution in [2.24, 2.45) is 7.05 Å². The SMILES string of the molecule is Cc1nc(-c2ccnc(-c3cc4cc(C(=O)NCCn5cccn5)n(C)c4cn3)c2)no1. The first kappa shape index (κ1) is 19.6. The molecule has 0 spiro atoms. The van der Waals surface area contributed by atoms with E-state index in [1.54, 1.807) is 30.2 Å². The monoisotopic (exact) mass is 428 g/mol. The number of fused-ring (bicyclic) bond motifs is 1. The molecule has 1 N–H and O–H groups in total. The summed E-state index contributed by atoms with van der Waals surface area (Å²) < 4.78 is 8.67. The average molecular weight is 428 g/mol. The minimum atomic E-state index is -0.148. The average Bonchev–Trinajstić information content (AvgIpc) is 3.55. The van der Waals surface area contributed by atoms with Crippen molar-refractivity contribution in [3.8, 4) is 22.8 Å². The predicted octanol–water partition coefficient (Wildman–Crippen LogP) is 2.62. The lowest BCUT2D eigenvalue weighted by Gasteiger charge is -2.07. The molecule has 0 bridgehead atoms. The van der Waals surface area contributed by atoms with Gasteiger partial charge in [0.2, 0.25) is 11.7 Å². The van der Waals surface area contributed by atoms with Gasteiger partial charge in [-0.15, -0.1) is 0 Å². The van der Waals surface area contributed by atoms with Gasteiger partial charge in [-0.1, -0.05) is 5.16 Å². The quantitative estimate of drug-likeness (QED) is 0.442. The highest BCUT2D eigenvalue weighted by atomic mass is 16.5. The number of hydrogen-bond acceptors (Lipinski definition) is 7. The van der Waals surface area contributed by atoms with Gasteiger partial charge in [0.1, 0.15) is 5.69 Å². The van der Waals surface area contributed by atoms with Gasteiger partial charge in [-0.05, 0) is 30.3 Å². The number of aromatic nitrogens is 7. The summed E-state index contributed by atoms with van der Waals surface area (Å²) in [5, 5.41) is 11.9. The molecule has 10 heteroatoms. The first-order chi connectivity index (χ1) is 15.6. The van der Waals surface area contributed by atoms with Gasteiger partial charge in [0.05, 0.1) is 29.6 Å². The molecule has 5 aromatic heterocycles. The Morgan fingerprint density at radius 3 is 2.81 bits per heavy atom. The molecule has 5 aromatic rings. The van der Waals surface area contributed by atoms with Crippen molar-refractivity contribution in [1.29, 1.82) is 0 Å². The maximum absolute atomic E-state index is 12.7. The Hall–Kier alpha value is -4.34. The lowest BCUT2D eigenvalue weighted by molar-refractivity contribution is 0.0944. The molecule has 5 heterocycles. The lowest BCUT2D eigenvalue weighted by atomic mass is 10.1. The van der Waals surface area contributed by atoms with Crippen molar-refractivity contribution in [3.63, 3.8) is 0 Å². The minimum absolute atomic E-state index is 0.148. The molecule has 0 saturated heterocycles. The third kappa shape index (κ3) is 3.73. The fourth-order valence-electron chi connectivity index (χ4n) is 3.52. The lowest BCUT2D eigenvalue weighted by Crippen LogP contribution is -2.28. The Labute approximate surface area is 182 Å². The number of nitrogens with one attached hydrogen (secondary N) is 1. The van der Waals surface area contributed by atoms with Crippen LogP contribution in [0.4, 0.5) is 0 Å². The third-order valence-electron chi connectivity index (χ3n) is 5.16. The molecule has 0 aliphatic heterocycles. The van der Waals surface area contributed by atoms with E-state index in [-0.39, 0.29) is 5.91 Å². The number of carbonyl (C=O) groups is 1. The van der Waals surface area contributed by atoms with E-state index in [4.69, 9.17) is 4.52 Å². The maximum atomic E-state index is 12.7.